The van der Waals surface area contributed by atoms with Crippen molar-refractivity contribution in [3.63, 3.8) is 0 Å². The highest BCUT2D eigenvalue weighted by molar-refractivity contribution is 5.41. The molecule has 106 valence electrons. The molecule has 1 unspecified atom stereocenters. The van der Waals surface area contributed by atoms with Crippen LogP contribution in [0, 0.1) is 0 Å². The van der Waals surface area contributed by atoms with Crippen LogP contribution >= 0.6 is 0 Å². The second kappa shape index (κ2) is 6.77. The highest BCUT2D eigenvalue weighted by Crippen LogP contribution is 2.16. The van der Waals surface area contributed by atoms with Crippen LogP contribution in [0.15, 0.2) is 42.5 Å². The van der Waals surface area contributed by atoms with E-state index in [4.69, 9.17) is 10.5 Å². The fourth-order valence-corrected chi connectivity index (χ4v) is 1.78. The summed E-state index contributed by atoms with van der Waals surface area (Å²) < 4.78 is 5.32. The van der Waals surface area contributed by atoms with Gasteiger partial charge in [0.15, 0.2) is 0 Å². The lowest BCUT2D eigenvalue weighted by atomic mass is 10.1. The van der Waals surface area contributed by atoms with Crippen molar-refractivity contribution in [1.82, 2.24) is 4.98 Å². The molecule has 0 spiro atoms. The number of rotatable bonds is 6. The predicted molar refractivity (Wildman–Crippen MR) is 79.7 cm³/mol. The maximum Gasteiger partial charge on any atom is 0.215 e. The summed E-state index contributed by atoms with van der Waals surface area (Å²) in [7, 11) is 0. The normalized spacial score (nSPS) is 11.9. The molecular weight excluding hydrogens is 254 g/mol. The third-order valence-corrected chi connectivity index (χ3v) is 2.81. The number of aliphatic hydroxyl groups is 1. The lowest BCUT2D eigenvalue weighted by Crippen LogP contribution is -2.13. The molecule has 0 saturated heterocycles. The quantitative estimate of drug-likeness (QED) is 0.703. The Hall–Kier alpha value is -2.27. The standard InChI is InChI=1S/C15H19N3O2/c1-2-20-15-5-3-4-14(18-15)17-10-13(19)11-6-8-12(16)9-7-11/h3-9,13,19H,2,10,16H2,1H3,(H,17,18). The number of pyridine rings is 1. The Morgan fingerprint density at radius 3 is 2.70 bits per heavy atom. The molecule has 1 aromatic carbocycles. The smallest absolute Gasteiger partial charge is 0.215 e. The Balaban J connectivity index is 1.94. The first-order valence-corrected chi connectivity index (χ1v) is 6.56. The van der Waals surface area contributed by atoms with Crippen molar-refractivity contribution in [3.05, 3.63) is 48.0 Å². The van der Waals surface area contributed by atoms with E-state index in [1.54, 1.807) is 18.2 Å². The van der Waals surface area contributed by atoms with Crippen molar-refractivity contribution in [2.75, 3.05) is 24.2 Å². The summed E-state index contributed by atoms with van der Waals surface area (Å²) in [5.41, 5.74) is 7.11. The van der Waals surface area contributed by atoms with E-state index in [1.165, 1.54) is 0 Å². The van der Waals surface area contributed by atoms with Crippen LogP contribution in [0.4, 0.5) is 11.5 Å². The number of hydrogen-bond donors (Lipinski definition) is 3. The summed E-state index contributed by atoms with van der Waals surface area (Å²) >= 11 is 0. The number of anilines is 2. The van der Waals surface area contributed by atoms with Crippen molar-refractivity contribution in [2.24, 2.45) is 0 Å². The molecule has 1 atom stereocenters. The first-order chi connectivity index (χ1) is 9.69. The molecule has 5 heteroatoms. The van der Waals surface area contributed by atoms with E-state index in [0.717, 1.165) is 5.56 Å². The molecule has 2 aromatic rings. The summed E-state index contributed by atoms with van der Waals surface area (Å²) in [4.78, 5) is 4.28. The molecule has 5 nitrogen and oxygen atoms in total. The fraction of sp³-hybridized carbons (Fsp3) is 0.267. The molecule has 1 heterocycles. The van der Waals surface area contributed by atoms with Gasteiger partial charge in [-0.25, -0.2) is 0 Å². The monoisotopic (exact) mass is 273 g/mol. The zero-order chi connectivity index (χ0) is 14.4. The van der Waals surface area contributed by atoms with Crippen molar-refractivity contribution in [1.29, 1.82) is 0 Å². The Kier molecular flexibility index (Phi) is 4.79. The van der Waals surface area contributed by atoms with Gasteiger partial charge in [0.1, 0.15) is 5.82 Å². The van der Waals surface area contributed by atoms with Crippen molar-refractivity contribution >= 4 is 11.5 Å². The van der Waals surface area contributed by atoms with Gasteiger partial charge in [0.25, 0.3) is 0 Å². The van der Waals surface area contributed by atoms with Crippen molar-refractivity contribution < 1.29 is 9.84 Å². The largest absolute Gasteiger partial charge is 0.478 e. The molecule has 4 N–H and O–H groups in total. The van der Waals surface area contributed by atoms with Gasteiger partial charge in [-0.05, 0) is 30.7 Å². The second-order valence-electron chi connectivity index (χ2n) is 4.36. The van der Waals surface area contributed by atoms with Gasteiger partial charge in [0.05, 0.1) is 12.7 Å². The number of hydrogen-bond acceptors (Lipinski definition) is 5. The summed E-state index contributed by atoms with van der Waals surface area (Å²) in [5, 5.41) is 13.2. The summed E-state index contributed by atoms with van der Waals surface area (Å²) in [6.45, 7) is 2.85. The van der Waals surface area contributed by atoms with Gasteiger partial charge in [0.2, 0.25) is 5.88 Å². The van der Waals surface area contributed by atoms with E-state index in [1.807, 2.05) is 31.2 Å². The molecule has 0 fully saturated rings. The highest BCUT2D eigenvalue weighted by atomic mass is 16.5. The fourth-order valence-electron chi connectivity index (χ4n) is 1.78. The van der Waals surface area contributed by atoms with Crippen molar-refractivity contribution in [2.45, 2.75) is 13.0 Å². The molecule has 0 aliphatic rings. The van der Waals surface area contributed by atoms with Gasteiger partial charge in [-0.2, -0.15) is 4.98 Å². The van der Waals surface area contributed by atoms with E-state index >= 15 is 0 Å². The minimum absolute atomic E-state index is 0.368. The first-order valence-electron chi connectivity index (χ1n) is 6.56. The van der Waals surface area contributed by atoms with Crippen LogP contribution in [-0.2, 0) is 0 Å². The lowest BCUT2D eigenvalue weighted by molar-refractivity contribution is 0.191. The number of nitrogens with two attached hydrogens (primary N) is 1. The predicted octanol–water partition coefficient (Wildman–Crippen LogP) is 2.21. The maximum atomic E-state index is 10.1. The first kappa shape index (κ1) is 14.1. The van der Waals surface area contributed by atoms with Crippen LogP contribution < -0.4 is 15.8 Å². The SMILES string of the molecule is CCOc1cccc(NCC(O)c2ccc(N)cc2)n1. The van der Waals surface area contributed by atoms with Crippen LogP contribution in [0.25, 0.3) is 0 Å². The van der Waals surface area contributed by atoms with Gasteiger partial charge >= 0.3 is 0 Å². The van der Waals surface area contributed by atoms with Gasteiger partial charge in [-0.15, -0.1) is 0 Å². The van der Waals surface area contributed by atoms with Gasteiger partial charge < -0.3 is 20.9 Å². The summed E-state index contributed by atoms with van der Waals surface area (Å²) in [6.07, 6.45) is -0.617. The van der Waals surface area contributed by atoms with Crippen LogP contribution in [0.5, 0.6) is 5.88 Å². The van der Waals surface area contributed by atoms with Gasteiger partial charge in [0, 0.05) is 18.3 Å². The number of ether oxygens (including phenoxy) is 1. The average molecular weight is 273 g/mol. The Bertz CT molecular complexity index is 543. The van der Waals surface area contributed by atoms with Crippen molar-refractivity contribution in [3.8, 4) is 5.88 Å². The zero-order valence-electron chi connectivity index (χ0n) is 11.4. The molecule has 1 aromatic heterocycles. The van der Waals surface area contributed by atoms with E-state index in [2.05, 4.69) is 10.3 Å². The number of nitrogen functional groups attached to an aromatic ring is 1. The lowest BCUT2D eigenvalue weighted by Gasteiger charge is -2.13. The molecule has 20 heavy (non-hydrogen) atoms. The second-order valence-corrected chi connectivity index (χ2v) is 4.36. The number of aromatic nitrogens is 1. The van der Waals surface area contributed by atoms with E-state index in [0.29, 0.717) is 30.5 Å². The minimum Gasteiger partial charge on any atom is -0.478 e. The molecule has 0 aliphatic heterocycles. The Morgan fingerprint density at radius 1 is 1.25 bits per heavy atom. The summed E-state index contributed by atoms with van der Waals surface area (Å²) in [6, 6.07) is 12.6. The zero-order valence-corrected chi connectivity index (χ0v) is 11.4. The van der Waals surface area contributed by atoms with Crippen LogP contribution in [0.1, 0.15) is 18.6 Å². The van der Waals surface area contributed by atoms with Crippen LogP contribution in [-0.4, -0.2) is 23.2 Å². The van der Waals surface area contributed by atoms with Crippen LogP contribution in [0.2, 0.25) is 0 Å². The number of aliphatic hydroxyl groups excluding tert-OH is 1. The topological polar surface area (TPSA) is 80.4 Å². The molecule has 0 bridgehead atoms. The number of benzene rings is 1. The third-order valence-electron chi connectivity index (χ3n) is 2.81. The van der Waals surface area contributed by atoms with Gasteiger partial charge in [-0.1, -0.05) is 18.2 Å². The average Bonchev–Trinajstić information content (AvgIpc) is 2.46. The minimum atomic E-state index is -0.617. The van der Waals surface area contributed by atoms with E-state index in [-0.39, 0.29) is 0 Å². The molecule has 0 amide bonds. The Morgan fingerprint density at radius 2 is 2.00 bits per heavy atom. The third kappa shape index (κ3) is 3.86. The Labute approximate surface area is 118 Å². The molecular formula is C15H19N3O2. The molecule has 0 saturated carbocycles. The maximum absolute atomic E-state index is 10.1. The highest BCUT2D eigenvalue weighted by Gasteiger charge is 2.07. The van der Waals surface area contributed by atoms with Gasteiger partial charge in [-0.3, -0.25) is 0 Å². The summed E-state index contributed by atoms with van der Waals surface area (Å²) in [5.74, 6) is 1.24. The van der Waals surface area contributed by atoms with E-state index < -0.39 is 6.10 Å². The number of nitrogens with one attached hydrogen (secondary N) is 1. The molecule has 0 aliphatic carbocycles. The molecule has 2 rings (SSSR count). The number of nitrogens with zero attached hydrogens (tertiary/aromatic N) is 1. The van der Waals surface area contributed by atoms with Crippen LogP contribution in [0.3, 0.4) is 0 Å². The molecule has 0 radical (unpaired) electrons. The van der Waals surface area contributed by atoms with E-state index in [9.17, 15) is 5.11 Å².